The van der Waals surface area contributed by atoms with Crippen LogP contribution >= 0.6 is 0 Å². The topological polar surface area (TPSA) is 63.6 Å². The number of hydrogen-bond acceptors (Lipinski definition) is 3. The molecule has 1 heterocycles. The number of aliphatic carboxylic acids is 1. The average molecular weight is 310 g/mol. The Balaban J connectivity index is 2.08. The molecule has 3 atom stereocenters. The molecular weight excluding hydrogens is 292 g/mol. The van der Waals surface area contributed by atoms with E-state index in [0.29, 0.717) is 11.1 Å². The fraction of sp³-hybridized carbons (Fsp3) is 0.263. The van der Waals surface area contributed by atoms with Gasteiger partial charge in [0.1, 0.15) is 6.10 Å². The second-order valence-electron chi connectivity index (χ2n) is 5.92. The van der Waals surface area contributed by atoms with Crippen LogP contribution < -0.4 is 0 Å². The van der Waals surface area contributed by atoms with Gasteiger partial charge in [-0.1, -0.05) is 30.3 Å². The smallest absolute Gasteiger partial charge is 0.310 e. The van der Waals surface area contributed by atoms with Crippen molar-refractivity contribution in [1.82, 2.24) is 0 Å². The zero-order valence-corrected chi connectivity index (χ0v) is 13.0. The van der Waals surface area contributed by atoms with Crippen LogP contribution in [0.3, 0.4) is 0 Å². The number of ketones is 1. The van der Waals surface area contributed by atoms with Crippen molar-refractivity contribution < 1.29 is 19.4 Å². The first-order valence-electron chi connectivity index (χ1n) is 7.60. The molecule has 4 heteroatoms. The number of carboxylic acids is 1. The Hall–Kier alpha value is -2.62. The Morgan fingerprint density at radius 2 is 1.91 bits per heavy atom. The first-order valence-corrected chi connectivity index (χ1v) is 7.60. The molecule has 23 heavy (non-hydrogen) atoms. The Morgan fingerprint density at radius 1 is 1.22 bits per heavy atom. The van der Waals surface area contributed by atoms with Gasteiger partial charge in [-0.05, 0) is 42.7 Å². The highest BCUT2D eigenvalue weighted by molar-refractivity contribution is 6.04. The largest absolute Gasteiger partial charge is 0.497 e. The van der Waals surface area contributed by atoms with Gasteiger partial charge in [0.05, 0.1) is 12.2 Å². The van der Waals surface area contributed by atoms with Gasteiger partial charge in [0.25, 0.3) is 0 Å². The number of hydrogen-bond donors (Lipinski definition) is 1. The van der Waals surface area contributed by atoms with E-state index in [2.05, 4.69) is 0 Å². The minimum atomic E-state index is -0.957. The van der Waals surface area contributed by atoms with Crippen molar-refractivity contribution in [3.8, 4) is 0 Å². The van der Waals surface area contributed by atoms with E-state index in [1.807, 2.05) is 37.3 Å². The van der Waals surface area contributed by atoms with Gasteiger partial charge in [0.2, 0.25) is 0 Å². The second kappa shape index (κ2) is 5.88. The lowest BCUT2D eigenvalue weighted by atomic mass is 9.74. The van der Waals surface area contributed by atoms with Gasteiger partial charge < -0.3 is 9.84 Å². The van der Waals surface area contributed by atoms with Crippen molar-refractivity contribution in [1.29, 1.82) is 0 Å². The molecule has 0 fully saturated rings. The van der Waals surface area contributed by atoms with Crippen LogP contribution in [-0.4, -0.2) is 23.0 Å². The molecule has 1 aromatic carbocycles. The Kier molecular flexibility index (Phi) is 3.90. The van der Waals surface area contributed by atoms with E-state index in [0.717, 1.165) is 11.1 Å². The van der Waals surface area contributed by atoms with Crippen LogP contribution in [0.2, 0.25) is 0 Å². The first-order chi connectivity index (χ1) is 11.0. The van der Waals surface area contributed by atoms with Crippen molar-refractivity contribution in [2.24, 2.45) is 5.92 Å². The Morgan fingerprint density at radius 3 is 2.57 bits per heavy atom. The molecule has 1 aliphatic heterocycles. The summed E-state index contributed by atoms with van der Waals surface area (Å²) in [6.07, 6.45) is 4.46. The zero-order chi connectivity index (χ0) is 16.6. The molecule has 0 radical (unpaired) electrons. The van der Waals surface area contributed by atoms with Crippen molar-refractivity contribution in [3.63, 3.8) is 0 Å². The minimum absolute atomic E-state index is 0.0927. The molecule has 1 aromatic rings. The summed E-state index contributed by atoms with van der Waals surface area (Å²) in [6, 6.07) is 9.82. The lowest BCUT2D eigenvalue weighted by Crippen LogP contribution is -2.29. The number of carbonyl (C=O) groups excluding carboxylic acids is 1. The van der Waals surface area contributed by atoms with E-state index >= 15 is 0 Å². The number of carbonyl (C=O) groups is 2. The van der Waals surface area contributed by atoms with E-state index < -0.39 is 11.9 Å². The minimum Gasteiger partial charge on any atom is -0.497 e. The molecule has 0 aromatic heterocycles. The lowest BCUT2D eigenvalue weighted by Gasteiger charge is -2.35. The summed E-state index contributed by atoms with van der Waals surface area (Å²) >= 11 is 0. The van der Waals surface area contributed by atoms with Crippen LogP contribution in [0.4, 0.5) is 0 Å². The van der Waals surface area contributed by atoms with Crippen LogP contribution in [-0.2, 0) is 14.3 Å². The predicted molar refractivity (Wildman–Crippen MR) is 85.8 cm³/mol. The Labute approximate surface area is 134 Å². The molecule has 1 N–H and O–H groups in total. The predicted octanol–water partition coefficient (Wildman–Crippen LogP) is 3.23. The molecule has 1 aliphatic carbocycles. The third-order valence-electron chi connectivity index (χ3n) is 4.42. The highest BCUT2D eigenvalue weighted by Gasteiger charge is 2.36. The van der Waals surface area contributed by atoms with E-state index in [4.69, 9.17) is 4.74 Å². The summed E-state index contributed by atoms with van der Waals surface area (Å²) < 4.78 is 5.76. The van der Waals surface area contributed by atoms with Crippen LogP contribution in [0.25, 0.3) is 0 Å². The second-order valence-corrected chi connectivity index (χ2v) is 5.92. The van der Waals surface area contributed by atoms with Gasteiger partial charge >= 0.3 is 5.97 Å². The normalized spacial score (nSPS) is 24.6. The maximum absolute atomic E-state index is 12.1. The maximum atomic E-state index is 12.1. The van der Waals surface area contributed by atoms with Gasteiger partial charge in [-0.2, -0.15) is 0 Å². The van der Waals surface area contributed by atoms with Crippen LogP contribution in [0.15, 0.2) is 65.5 Å². The van der Waals surface area contributed by atoms with Crippen LogP contribution in [0.5, 0.6) is 0 Å². The quantitative estimate of drug-likeness (QED) is 0.931. The number of rotatable bonds is 3. The summed E-state index contributed by atoms with van der Waals surface area (Å²) in [5.74, 6) is -1.98. The van der Waals surface area contributed by atoms with Gasteiger partial charge in [-0.25, -0.2) is 0 Å². The lowest BCUT2D eigenvalue weighted by molar-refractivity contribution is -0.139. The fourth-order valence-electron chi connectivity index (χ4n) is 3.17. The number of allylic oxidation sites excluding steroid dienone is 3. The van der Waals surface area contributed by atoms with Crippen molar-refractivity contribution in [3.05, 3.63) is 71.0 Å². The number of ether oxygens (including phenoxy) is 1. The van der Waals surface area contributed by atoms with E-state index in [-0.39, 0.29) is 17.8 Å². The molecule has 0 amide bonds. The number of carboxylic acid groups (broad SMARTS) is 1. The van der Waals surface area contributed by atoms with Crippen molar-refractivity contribution in [2.75, 3.05) is 0 Å². The summed E-state index contributed by atoms with van der Waals surface area (Å²) in [6.45, 7) is 3.54. The van der Waals surface area contributed by atoms with Crippen LogP contribution in [0, 0.1) is 5.92 Å². The van der Waals surface area contributed by atoms with Gasteiger partial charge in [-0.3, -0.25) is 9.59 Å². The standard InChI is InChI=1S/C19H18O4/c1-11(19(21)22)15-8-14(20)9-16-17(15)10-23-12(2)18(16)13-6-4-3-5-7-13/h3-12,18H,1-2H3,(H,21,22). The molecule has 2 aliphatic rings. The molecule has 0 bridgehead atoms. The monoisotopic (exact) mass is 310 g/mol. The molecule has 4 nitrogen and oxygen atoms in total. The van der Waals surface area contributed by atoms with Crippen molar-refractivity contribution >= 4 is 11.8 Å². The first kappa shape index (κ1) is 15.3. The van der Waals surface area contributed by atoms with Crippen molar-refractivity contribution in [2.45, 2.75) is 25.9 Å². The van der Waals surface area contributed by atoms with Gasteiger partial charge in [0, 0.05) is 11.5 Å². The molecule has 3 rings (SSSR count). The molecule has 0 saturated heterocycles. The zero-order valence-electron chi connectivity index (χ0n) is 13.0. The van der Waals surface area contributed by atoms with E-state index in [1.165, 1.54) is 6.08 Å². The van der Waals surface area contributed by atoms with Crippen LogP contribution in [0.1, 0.15) is 25.3 Å². The summed E-state index contributed by atoms with van der Waals surface area (Å²) in [5, 5.41) is 9.31. The number of benzene rings is 1. The van der Waals surface area contributed by atoms with E-state index in [9.17, 15) is 14.7 Å². The molecule has 3 unspecified atom stereocenters. The van der Waals surface area contributed by atoms with Gasteiger partial charge in [-0.15, -0.1) is 0 Å². The highest BCUT2D eigenvalue weighted by Crippen LogP contribution is 2.43. The summed E-state index contributed by atoms with van der Waals surface area (Å²) in [7, 11) is 0. The summed E-state index contributed by atoms with van der Waals surface area (Å²) in [4.78, 5) is 23.5. The SMILES string of the molecule is CC(C(=O)O)C1=CC(=O)C=C2C1=COC(C)C2c1ccccc1. The Bertz CT molecular complexity index is 740. The molecular formula is C19H18O4. The third-order valence-corrected chi connectivity index (χ3v) is 4.42. The highest BCUT2D eigenvalue weighted by atomic mass is 16.5. The maximum Gasteiger partial charge on any atom is 0.310 e. The summed E-state index contributed by atoms with van der Waals surface area (Å²) in [5.41, 5.74) is 3.11. The molecule has 118 valence electrons. The molecule has 0 saturated carbocycles. The number of fused-ring (bicyclic) bond motifs is 1. The third kappa shape index (κ3) is 2.72. The average Bonchev–Trinajstić information content (AvgIpc) is 2.53. The van der Waals surface area contributed by atoms with Gasteiger partial charge in [0.15, 0.2) is 5.78 Å². The van der Waals surface area contributed by atoms with E-state index in [1.54, 1.807) is 19.3 Å². The fourth-order valence-corrected chi connectivity index (χ4v) is 3.17. The molecule has 0 spiro atoms.